The highest BCUT2D eigenvalue weighted by Crippen LogP contribution is 2.30. The topological polar surface area (TPSA) is 95.1 Å². The highest BCUT2D eigenvalue weighted by Gasteiger charge is 2.21. The van der Waals surface area contributed by atoms with E-state index in [0.29, 0.717) is 26.1 Å². The van der Waals surface area contributed by atoms with E-state index in [1.807, 2.05) is 36.6 Å². The maximum atomic E-state index is 13.6. The van der Waals surface area contributed by atoms with Crippen molar-refractivity contribution in [3.05, 3.63) is 65.3 Å². The number of pyridine rings is 1. The molecule has 0 spiro atoms. The van der Waals surface area contributed by atoms with Crippen LogP contribution in [0.2, 0.25) is 0 Å². The molecule has 1 fully saturated rings. The second-order valence-corrected chi connectivity index (χ2v) is 8.66. The van der Waals surface area contributed by atoms with Crippen LogP contribution in [0.5, 0.6) is 0 Å². The average Bonchev–Trinajstić information content (AvgIpc) is 3.52. The Kier molecular flexibility index (Phi) is 6.10. The number of rotatable bonds is 7. The zero-order valence-corrected chi connectivity index (χ0v) is 19.2. The first-order chi connectivity index (χ1) is 16.5. The Bertz CT molecular complexity index is 1320. The van der Waals surface area contributed by atoms with E-state index in [2.05, 4.69) is 15.5 Å². The number of aromatic nitrogens is 4. The SMILES string of the molecule is Cc1noc(C)c1-c1ccc2c(c1)nc(CCc1cncc(F)c1)n2CC(=O)NC1CCOC1. The molecule has 4 heterocycles. The molecule has 1 N–H and O–H groups in total. The van der Waals surface area contributed by atoms with Crippen molar-refractivity contribution < 1.29 is 18.4 Å². The first-order valence-corrected chi connectivity index (χ1v) is 11.4. The average molecular weight is 464 g/mol. The number of nitrogens with zero attached hydrogens (tertiary/aromatic N) is 4. The predicted octanol–water partition coefficient (Wildman–Crippen LogP) is 3.53. The van der Waals surface area contributed by atoms with E-state index in [0.717, 1.165) is 51.4 Å². The second kappa shape index (κ2) is 9.34. The van der Waals surface area contributed by atoms with Crippen LogP contribution < -0.4 is 5.32 Å². The number of aryl methyl sites for hydroxylation is 4. The van der Waals surface area contributed by atoms with Gasteiger partial charge in [-0.05, 0) is 56.0 Å². The summed E-state index contributed by atoms with van der Waals surface area (Å²) in [5.74, 6) is 1.05. The van der Waals surface area contributed by atoms with Crippen LogP contribution in [-0.4, -0.2) is 44.9 Å². The van der Waals surface area contributed by atoms with Gasteiger partial charge >= 0.3 is 0 Å². The number of amides is 1. The van der Waals surface area contributed by atoms with Crippen molar-refractivity contribution in [2.75, 3.05) is 13.2 Å². The molecule has 1 unspecified atom stereocenters. The number of halogens is 1. The Morgan fingerprint density at radius 2 is 2.12 bits per heavy atom. The lowest BCUT2D eigenvalue weighted by molar-refractivity contribution is -0.122. The third-order valence-electron chi connectivity index (χ3n) is 6.14. The van der Waals surface area contributed by atoms with Gasteiger partial charge in [0.2, 0.25) is 5.91 Å². The molecule has 34 heavy (non-hydrogen) atoms. The van der Waals surface area contributed by atoms with Crippen LogP contribution in [0.3, 0.4) is 0 Å². The third kappa shape index (κ3) is 4.56. The van der Waals surface area contributed by atoms with Crippen molar-refractivity contribution in [1.29, 1.82) is 0 Å². The van der Waals surface area contributed by atoms with Crippen LogP contribution in [0.4, 0.5) is 4.39 Å². The van der Waals surface area contributed by atoms with Crippen molar-refractivity contribution in [3.8, 4) is 11.1 Å². The number of hydrogen-bond donors (Lipinski definition) is 1. The number of imidazole rings is 1. The van der Waals surface area contributed by atoms with Gasteiger partial charge in [0.05, 0.1) is 35.6 Å². The van der Waals surface area contributed by atoms with Crippen LogP contribution in [0, 0.1) is 19.7 Å². The zero-order chi connectivity index (χ0) is 23.7. The van der Waals surface area contributed by atoms with Crippen molar-refractivity contribution in [2.45, 2.75) is 45.7 Å². The fourth-order valence-corrected chi connectivity index (χ4v) is 4.51. The summed E-state index contributed by atoms with van der Waals surface area (Å²) in [5.41, 5.74) is 5.14. The molecule has 0 saturated carbocycles. The Morgan fingerprint density at radius 1 is 1.24 bits per heavy atom. The minimum Gasteiger partial charge on any atom is -0.379 e. The van der Waals surface area contributed by atoms with Crippen molar-refractivity contribution >= 4 is 16.9 Å². The van der Waals surface area contributed by atoms with Crippen LogP contribution in [-0.2, 0) is 28.9 Å². The number of carbonyl (C=O) groups excluding carboxylic acids is 1. The van der Waals surface area contributed by atoms with E-state index in [1.54, 1.807) is 6.20 Å². The Morgan fingerprint density at radius 3 is 2.85 bits per heavy atom. The maximum absolute atomic E-state index is 13.6. The molecule has 1 saturated heterocycles. The maximum Gasteiger partial charge on any atom is 0.240 e. The number of hydrogen-bond acceptors (Lipinski definition) is 6. The molecule has 3 aromatic heterocycles. The molecule has 0 radical (unpaired) electrons. The molecule has 9 heteroatoms. The summed E-state index contributed by atoms with van der Waals surface area (Å²) >= 11 is 0. The van der Waals surface area contributed by atoms with E-state index < -0.39 is 0 Å². The van der Waals surface area contributed by atoms with Gasteiger partial charge in [0.15, 0.2) is 0 Å². The van der Waals surface area contributed by atoms with E-state index in [1.165, 1.54) is 12.3 Å². The molecule has 1 aliphatic heterocycles. The quantitative estimate of drug-likeness (QED) is 0.451. The number of carbonyl (C=O) groups is 1. The van der Waals surface area contributed by atoms with Gasteiger partial charge in [-0.15, -0.1) is 0 Å². The number of ether oxygens (including phenoxy) is 1. The van der Waals surface area contributed by atoms with Crippen molar-refractivity contribution in [1.82, 2.24) is 25.0 Å². The third-order valence-corrected chi connectivity index (χ3v) is 6.14. The van der Waals surface area contributed by atoms with Crippen molar-refractivity contribution in [2.24, 2.45) is 0 Å². The van der Waals surface area contributed by atoms with Crippen molar-refractivity contribution in [3.63, 3.8) is 0 Å². The highest BCUT2D eigenvalue weighted by molar-refractivity contribution is 5.85. The first-order valence-electron chi connectivity index (χ1n) is 11.4. The van der Waals surface area contributed by atoms with Gasteiger partial charge in [-0.1, -0.05) is 11.2 Å². The predicted molar refractivity (Wildman–Crippen MR) is 124 cm³/mol. The van der Waals surface area contributed by atoms with Gasteiger partial charge in [-0.25, -0.2) is 9.37 Å². The molecule has 5 rings (SSSR count). The minimum atomic E-state index is -0.367. The summed E-state index contributed by atoms with van der Waals surface area (Å²) in [5, 5.41) is 7.10. The molecule has 1 aromatic carbocycles. The Hall–Kier alpha value is -3.59. The fourth-order valence-electron chi connectivity index (χ4n) is 4.51. The van der Waals surface area contributed by atoms with Gasteiger partial charge < -0.3 is 19.1 Å². The largest absolute Gasteiger partial charge is 0.379 e. The number of nitrogens with one attached hydrogen (secondary N) is 1. The summed E-state index contributed by atoms with van der Waals surface area (Å²) in [6.45, 7) is 5.14. The van der Waals surface area contributed by atoms with Gasteiger partial charge in [0.25, 0.3) is 0 Å². The molecule has 0 aliphatic carbocycles. The van der Waals surface area contributed by atoms with Crippen LogP contribution >= 0.6 is 0 Å². The zero-order valence-electron chi connectivity index (χ0n) is 19.2. The lowest BCUT2D eigenvalue weighted by Gasteiger charge is -2.13. The van der Waals surface area contributed by atoms with Gasteiger partial charge in [0.1, 0.15) is 23.9 Å². The standard InChI is InChI=1S/C25H26FN5O3/c1-15-25(16(2)34-30-15)18-4-5-22-21(10-18)29-23(6-3-17-9-19(26)12-27-11-17)31(22)13-24(32)28-20-7-8-33-14-20/h4-5,9-12,20H,3,6-8,13-14H2,1-2H3,(H,28,32). The monoisotopic (exact) mass is 463 g/mol. The molecule has 1 atom stereocenters. The molecular weight excluding hydrogens is 437 g/mol. The molecule has 1 aliphatic rings. The normalized spacial score (nSPS) is 15.8. The molecule has 1 amide bonds. The van der Waals surface area contributed by atoms with Crippen LogP contribution in [0.15, 0.2) is 41.2 Å². The minimum absolute atomic E-state index is 0.0373. The van der Waals surface area contributed by atoms with E-state index in [9.17, 15) is 9.18 Å². The Labute approximate surface area is 196 Å². The molecule has 0 bridgehead atoms. The smallest absolute Gasteiger partial charge is 0.240 e. The van der Waals surface area contributed by atoms with Crippen LogP contribution in [0.1, 0.15) is 29.3 Å². The molecule has 8 nitrogen and oxygen atoms in total. The first kappa shape index (κ1) is 22.2. The second-order valence-electron chi connectivity index (χ2n) is 8.66. The summed E-state index contributed by atoms with van der Waals surface area (Å²) in [4.78, 5) is 21.6. The lowest BCUT2D eigenvalue weighted by Crippen LogP contribution is -2.37. The summed E-state index contributed by atoms with van der Waals surface area (Å²) < 4.78 is 26.2. The highest BCUT2D eigenvalue weighted by atomic mass is 19.1. The lowest BCUT2D eigenvalue weighted by atomic mass is 10.0. The number of fused-ring (bicyclic) bond motifs is 1. The molecule has 176 valence electrons. The van der Waals surface area contributed by atoms with Crippen LogP contribution in [0.25, 0.3) is 22.2 Å². The summed E-state index contributed by atoms with van der Waals surface area (Å²) in [7, 11) is 0. The number of benzene rings is 1. The summed E-state index contributed by atoms with van der Waals surface area (Å²) in [6, 6.07) is 7.48. The van der Waals surface area contributed by atoms with Gasteiger partial charge in [0, 0.05) is 24.8 Å². The summed E-state index contributed by atoms with van der Waals surface area (Å²) in [6.07, 6.45) is 4.75. The Balaban J connectivity index is 1.47. The van der Waals surface area contributed by atoms with E-state index in [-0.39, 0.29) is 24.3 Å². The molecular formula is C25H26FN5O3. The van der Waals surface area contributed by atoms with E-state index in [4.69, 9.17) is 14.2 Å². The fraction of sp³-hybridized carbons (Fsp3) is 0.360. The van der Waals surface area contributed by atoms with Gasteiger partial charge in [-0.3, -0.25) is 9.78 Å². The van der Waals surface area contributed by atoms with E-state index >= 15 is 0 Å². The molecule has 4 aromatic rings. The van der Waals surface area contributed by atoms with Gasteiger partial charge in [-0.2, -0.15) is 0 Å².